The number of allylic oxidation sites excluding steroid dienone is 4. The third-order valence-electron chi connectivity index (χ3n) is 11.0. The number of rotatable bonds is 4. The number of nitrogens with zero attached hydrogens (tertiary/aromatic N) is 2. The van der Waals surface area contributed by atoms with Crippen molar-refractivity contribution < 1.29 is 24.2 Å². The van der Waals surface area contributed by atoms with Crippen molar-refractivity contribution >= 4 is 17.3 Å². The zero-order valence-corrected chi connectivity index (χ0v) is 22.4. The van der Waals surface area contributed by atoms with Crippen LogP contribution in [0, 0.1) is 34.4 Å². The minimum absolute atomic E-state index is 0.0121. The topological polar surface area (TPSA) is 81.1 Å². The SMILES string of the molecule is C[C@]12C=CC(=O)C=C1CC[C@@H]1[C@@H]2C(O)C[C@@]2(C)[C@H]1CC[C@]2(O)C(=O)CN1CCN(c2ccc(F)cc2)CC1. The second-order valence-electron chi connectivity index (χ2n) is 12.8. The highest BCUT2D eigenvalue weighted by molar-refractivity contribution is 6.01. The second-order valence-corrected chi connectivity index (χ2v) is 12.8. The molecule has 1 aromatic carbocycles. The van der Waals surface area contributed by atoms with Crippen LogP contribution in [0.15, 0.2) is 48.1 Å². The molecule has 5 aliphatic rings. The number of carbonyl (C=O) groups is 2. The molecule has 6 nitrogen and oxygen atoms in total. The van der Waals surface area contributed by atoms with Crippen LogP contribution in [0.2, 0.25) is 0 Å². The third-order valence-corrected chi connectivity index (χ3v) is 11.0. The molecule has 0 aromatic heterocycles. The fraction of sp³-hybridized carbons (Fsp3) is 0.613. The summed E-state index contributed by atoms with van der Waals surface area (Å²) in [6, 6.07) is 6.50. The average Bonchev–Trinajstić information content (AvgIpc) is 3.16. The molecule has 3 saturated carbocycles. The van der Waals surface area contributed by atoms with Crippen LogP contribution in [-0.2, 0) is 9.59 Å². The summed E-state index contributed by atoms with van der Waals surface area (Å²) in [7, 11) is 0. The van der Waals surface area contributed by atoms with Crippen molar-refractivity contribution in [3.05, 3.63) is 53.9 Å². The van der Waals surface area contributed by atoms with Crippen molar-refractivity contribution in [1.29, 1.82) is 0 Å². The number of anilines is 1. The molecule has 1 heterocycles. The Morgan fingerprint density at radius 1 is 1.11 bits per heavy atom. The molecule has 7 heteroatoms. The van der Waals surface area contributed by atoms with E-state index in [9.17, 15) is 24.2 Å². The number of hydrogen-bond acceptors (Lipinski definition) is 6. The molecule has 0 radical (unpaired) electrons. The van der Waals surface area contributed by atoms with Crippen molar-refractivity contribution in [1.82, 2.24) is 4.90 Å². The molecule has 1 unspecified atom stereocenters. The number of halogens is 1. The Morgan fingerprint density at radius 2 is 1.82 bits per heavy atom. The van der Waals surface area contributed by atoms with Gasteiger partial charge in [-0.05, 0) is 80.4 Å². The molecule has 204 valence electrons. The van der Waals surface area contributed by atoms with Crippen LogP contribution in [0.25, 0.3) is 0 Å². The van der Waals surface area contributed by atoms with E-state index < -0.39 is 17.1 Å². The van der Waals surface area contributed by atoms with Crippen LogP contribution in [0.3, 0.4) is 0 Å². The van der Waals surface area contributed by atoms with E-state index >= 15 is 0 Å². The first kappa shape index (κ1) is 25.9. The summed E-state index contributed by atoms with van der Waals surface area (Å²) in [5.74, 6) is -0.0193. The molecule has 1 saturated heterocycles. The molecule has 6 rings (SSSR count). The van der Waals surface area contributed by atoms with Gasteiger partial charge in [-0.15, -0.1) is 0 Å². The molecule has 7 atom stereocenters. The van der Waals surface area contributed by atoms with Gasteiger partial charge in [0, 0.05) is 48.6 Å². The first-order valence-corrected chi connectivity index (χ1v) is 14.2. The van der Waals surface area contributed by atoms with E-state index in [4.69, 9.17) is 0 Å². The fourth-order valence-electron chi connectivity index (χ4n) is 8.94. The van der Waals surface area contributed by atoms with E-state index in [0.29, 0.717) is 25.9 Å². The maximum absolute atomic E-state index is 13.8. The number of aliphatic hydroxyl groups is 2. The summed E-state index contributed by atoms with van der Waals surface area (Å²) >= 11 is 0. The predicted molar refractivity (Wildman–Crippen MR) is 143 cm³/mol. The summed E-state index contributed by atoms with van der Waals surface area (Å²) in [6.45, 7) is 7.26. The Morgan fingerprint density at radius 3 is 2.53 bits per heavy atom. The van der Waals surface area contributed by atoms with Crippen molar-refractivity contribution in [2.45, 2.75) is 57.7 Å². The van der Waals surface area contributed by atoms with Gasteiger partial charge in [0.1, 0.15) is 11.4 Å². The summed E-state index contributed by atoms with van der Waals surface area (Å²) < 4.78 is 13.3. The lowest BCUT2D eigenvalue weighted by molar-refractivity contribution is -0.177. The molecule has 0 spiro atoms. The average molecular weight is 523 g/mol. The number of ketones is 2. The molecule has 1 aromatic rings. The lowest BCUT2D eigenvalue weighted by Crippen LogP contribution is -2.62. The Balaban J connectivity index is 1.16. The molecule has 0 bridgehead atoms. The second kappa shape index (κ2) is 9.10. The van der Waals surface area contributed by atoms with Gasteiger partial charge in [0.05, 0.1) is 12.6 Å². The normalized spacial score (nSPS) is 40.8. The Kier molecular flexibility index (Phi) is 6.21. The molecule has 4 aliphatic carbocycles. The molecule has 38 heavy (non-hydrogen) atoms. The number of benzene rings is 1. The summed E-state index contributed by atoms with van der Waals surface area (Å²) in [4.78, 5) is 30.1. The third kappa shape index (κ3) is 3.84. The van der Waals surface area contributed by atoms with Gasteiger partial charge in [0.15, 0.2) is 11.6 Å². The molecular formula is C31H39FN2O4. The molecule has 4 fully saturated rings. The minimum atomic E-state index is -1.45. The van der Waals surface area contributed by atoms with Gasteiger partial charge in [-0.1, -0.05) is 25.5 Å². The lowest BCUT2D eigenvalue weighted by atomic mass is 9.46. The highest BCUT2D eigenvalue weighted by Crippen LogP contribution is 2.67. The van der Waals surface area contributed by atoms with E-state index in [0.717, 1.165) is 43.6 Å². The van der Waals surface area contributed by atoms with Gasteiger partial charge in [-0.25, -0.2) is 4.39 Å². The Bertz CT molecular complexity index is 1190. The van der Waals surface area contributed by atoms with Gasteiger partial charge < -0.3 is 15.1 Å². The van der Waals surface area contributed by atoms with E-state index in [1.54, 1.807) is 24.3 Å². The zero-order chi connectivity index (χ0) is 26.9. The van der Waals surface area contributed by atoms with Crippen molar-refractivity contribution in [2.75, 3.05) is 37.6 Å². The molecule has 0 amide bonds. The van der Waals surface area contributed by atoms with E-state index in [1.807, 2.05) is 13.0 Å². The standard InChI is InChI=1S/C31H39FN2O4/c1-29-11-9-23(35)17-20(29)3-8-24-25-10-12-31(38,30(25,2)18-26(36)28(24)29)27(37)19-33-13-15-34(16-14-33)22-6-4-21(32)5-7-22/h4-7,9,11,17,24-26,28,36,38H,3,8,10,12-16,18-19H2,1-2H3/t24-,25-,26?,28+,29-,30-,31-/m0/s1. The predicted octanol–water partition coefficient (Wildman–Crippen LogP) is 3.53. The van der Waals surface area contributed by atoms with Gasteiger partial charge in [0.25, 0.3) is 0 Å². The fourth-order valence-corrected chi connectivity index (χ4v) is 8.94. The first-order chi connectivity index (χ1) is 18.0. The smallest absolute Gasteiger partial charge is 0.178 e. The highest BCUT2D eigenvalue weighted by atomic mass is 19.1. The summed E-state index contributed by atoms with van der Waals surface area (Å²) in [5.41, 5.74) is -0.395. The van der Waals surface area contributed by atoms with Crippen LogP contribution in [0.1, 0.15) is 46.0 Å². The number of Topliss-reactive ketones (excluding diaryl/α,β-unsaturated/α-hetero) is 1. The van der Waals surface area contributed by atoms with Crippen LogP contribution in [-0.4, -0.2) is 71.1 Å². The van der Waals surface area contributed by atoms with Crippen molar-refractivity contribution in [3.8, 4) is 0 Å². The molecular weight excluding hydrogens is 483 g/mol. The lowest BCUT2D eigenvalue weighted by Gasteiger charge is -2.59. The molecule has 1 aliphatic heterocycles. The van der Waals surface area contributed by atoms with Crippen LogP contribution in [0.5, 0.6) is 0 Å². The quantitative estimate of drug-likeness (QED) is 0.630. The monoisotopic (exact) mass is 522 g/mol. The number of fused-ring (bicyclic) bond motifs is 5. The maximum atomic E-state index is 13.8. The van der Waals surface area contributed by atoms with Crippen molar-refractivity contribution in [3.63, 3.8) is 0 Å². The molecule has 2 N–H and O–H groups in total. The maximum Gasteiger partial charge on any atom is 0.178 e. The van der Waals surface area contributed by atoms with Gasteiger partial charge in [-0.3, -0.25) is 14.5 Å². The number of hydrogen-bond donors (Lipinski definition) is 2. The van der Waals surface area contributed by atoms with Crippen LogP contribution >= 0.6 is 0 Å². The van der Waals surface area contributed by atoms with Crippen molar-refractivity contribution in [2.24, 2.45) is 28.6 Å². The van der Waals surface area contributed by atoms with Gasteiger partial charge in [0.2, 0.25) is 0 Å². The largest absolute Gasteiger partial charge is 0.393 e. The number of aliphatic hydroxyl groups excluding tert-OH is 1. The number of carbonyl (C=O) groups excluding carboxylic acids is 2. The number of piperazine rings is 1. The van der Waals surface area contributed by atoms with Gasteiger partial charge >= 0.3 is 0 Å². The Hall–Kier alpha value is -2.35. The first-order valence-electron chi connectivity index (χ1n) is 14.2. The van der Waals surface area contributed by atoms with E-state index in [-0.39, 0.29) is 47.1 Å². The van der Waals surface area contributed by atoms with Crippen LogP contribution < -0.4 is 4.90 Å². The van der Waals surface area contributed by atoms with Gasteiger partial charge in [-0.2, -0.15) is 0 Å². The van der Waals surface area contributed by atoms with E-state index in [1.165, 1.54) is 12.1 Å². The highest BCUT2D eigenvalue weighted by Gasteiger charge is 2.68. The summed E-state index contributed by atoms with van der Waals surface area (Å²) in [6.07, 6.45) is 8.03. The Labute approximate surface area is 224 Å². The van der Waals surface area contributed by atoms with E-state index in [2.05, 4.69) is 16.7 Å². The minimum Gasteiger partial charge on any atom is -0.393 e. The zero-order valence-electron chi connectivity index (χ0n) is 22.4. The summed E-state index contributed by atoms with van der Waals surface area (Å²) in [5, 5.41) is 23.6. The van der Waals surface area contributed by atoms with Crippen LogP contribution in [0.4, 0.5) is 10.1 Å².